The van der Waals surface area contributed by atoms with Gasteiger partial charge >= 0.3 is 12.2 Å². The number of amides is 4. The van der Waals surface area contributed by atoms with Gasteiger partial charge in [0, 0.05) is 24.2 Å². The molecule has 0 unspecified atom stereocenters. The number of aryl methyl sites for hydroxylation is 1. The molecule has 2 aliphatic carbocycles. The number of rotatable bonds is 9. The molecule has 4 atom stereocenters. The normalized spacial score (nSPS) is 20.2. The van der Waals surface area contributed by atoms with Crippen molar-refractivity contribution in [2.45, 2.75) is 83.5 Å². The first-order valence-electron chi connectivity index (χ1n) is 21.4. The zero-order valence-electron chi connectivity index (χ0n) is 35.7. The SMILES string of the molecule is COC(=O)N[C@H](C(=O)N1CC2(CC2)C[C@H]1c1ncc(-c2ccc(C#Cc3ccc4nc([C@@H]5CC6(CC6)CN5C(=O)[C@H](NC(=O)OC)c5ccc(C)cc5)[nH]c4c3)cc2)[nH]1)C(C)C. The molecule has 9 rings (SSSR count). The number of carbonyl (C=O) groups excluding carboxylic acids is 4. The molecule has 4 aliphatic rings. The summed E-state index contributed by atoms with van der Waals surface area (Å²) in [5, 5.41) is 5.52. The van der Waals surface area contributed by atoms with Gasteiger partial charge in [-0.15, -0.1) is 0 Å². The Morgan fingerprint density at radius 2 is 1.35 bits per heavy atom. The summed E-state index contributed by atoms with van der Waals surface area (Å²) in [5.74, 6) is 7.62. The van der Waals surface area contributed by atoms with Crippen molar-refractivity contribution >= 4 is 35.0 Å². The van der Waals surface area contributed by atoms with Gasteiger partial charge in [0.15, 0.2) is 0 Å². The Labute approximate surface area is 360 Å². The molecule has 14 heteroatoms. The average molecular weight is 837 g/mol. The van der Waals surface area contributed by atoms with Crippen LogP contribution in [0.2, 0.25) is 0 Å². The van der Waals surface area contributed by atoms with E-state index < -0.39 is 24.3 Å². The second-order valence-electron chi connectivity index (χ2n) is 18.1. The molecule has 0 radical (unpaired) electrons. The van der Waals surface area contributed by atoms with Crippen molar-refractivity contribution in [1.29, 1.82) is 0 Å². The first kappa shape index (κ1) is 40.8. The van der Waals surface area contributed by atoms with Gasteiger partial charge in [-0.3, -0.25) is 9.59 Å². The van der Waals surface area contributed by atoms with Crippen LogP contribution in [-0.2, 0) is 19.1 Å². The number of aromatic amines is 2. The van der Waals surface area contributed by atoms with Gasteiger partial charge in [-0.2, -0.15) is 0 Å². The van der Waals surface area contributed by atoms with Crippen molar-refractivity contribution in [3.8, 4) is 23.1 Å². The minimum absolute atomic E-state index is 0.0638. The van der Waals surface area contributed by atoms with Gasteiger partial charge in [0.1, 0.15) is 23.7 Å². The van der Waals surface area contributed by atoms with Crippen LogP contribution in [0, 0.1) is 35.5 Å². The highest BCUT2D eigenvalue weighted by atomic mass is 16.5. The van der Waals surface area contributed by atoms with Gasteiger partial charge in [-0.05, 0) is 104 Å². The molecule has 4 N–H and O–H groups in total. The molecule has 2 aliphatic heterocycles. The van der Waals surface area contributed by atoms with Gasteiger partial charge in [0.25, 0.3) is 5.91 Å². The van der Waals surface area contributed by atoms with Gasteiger partial charge in [-0.1, -0.05) is 67.6 Å². The fraction of sp³-hybridized carbons (Fsp3) is 0.417. The molecule has 0 bridgehead atoms. The maximum Gasteiger partial charge on any atom is 0.407 e. The highest BCUT2D eigenvalue weighted by Gasteiger charge is 2.56. The van der Waals surface area contributed by atoms with Crippen LogP contribution in [0.4, 0.5) is 9.59 Å². The number of nitrogens with one attached hydrogen (secondary N) is 4. The summed E-state index contributed by atoms with van der Waals surface area (Å²) in [6.45, 7) is 7.06. The number of alkyl carbamates (subject to hydrolysis) is 2. The largest absolute Gasteiger partial charge is 0.453 e. The lowest BCUT2D eigenvalue weighted by molar-refractivity contribution is -0.136. The molecule has 320 valence electrons. The third-order valence-corrected chi connectivity index (χ3v) is 13.3. The number of fused-ring (bicyclic) bond motifs is 1. The lowest BCUT2D eigenvalue weighted by atomic mass is 10.0. The molecule has 4 fully saturated rings. The Hall–Kier alpha value is -6.62. The van der Waals surface area contributed by atoms with Crippen LogP contribution in [0.5, 0.6) is 0 Å². The third kappa shape index (κ3) is 8.11. The van der Waals surface area contributed by atoms with E-state index in [1.165, 1.54) is 14.2 Å². The molecule has 2 aromatic heterocycles. The monoisotopic (exact) mass is 836 g/mol. The van der Waals surface area contributed by atoms with Crippen LogP contribution < -0.4 is 10.6 Å². The summed E-state index contributed by atoms with van der Waals surface area (Å²) in [5.41, 5.74) is 7.00. The maximum absolute atomic E-state index is 14.3. The summed E-state index contributed by atoms with van der Waals surface area (Å²) < 4.78 is 9.71. The van der Waals surface area contributed by atoms with Gasteiger partial charge in [0.2, 0.25) is 5.91 Å². The summed E-state index contributed by atoms with van der Waals surface area (Å²) in [6.07, 6.45) is 6.42. The maximum atomic E-state index is 14.3. The fourth-order valence-corrected chi connectivity index (χ4v) is 9.20. The van der Waals surface area contributed by atoms with E-state index in [2.05, 4.69) is 32.4 Å². The van der Waals surface area contributed by atoms with E-state index in [0.717, 1.165) is 89.2 Å². The molecular formula is C48H52N8O6. The molecular weight excluding hydrogens is 785 g/mol. The molecule has 4 heterocycles. The van der Waals surface area contributed by atoms with Crippen molar-refractivity contribution in [3.63, 3.8) is 0 Å². The molecule has 5 aromatic rings. The number of H-pyrrole nitrogens is 2. The Kier molecular flexibility index (Phi) is 10.5. The van der Waals surface area contributed by atoms with E-state index in [1.54, 1.807) is 0 Å². The second-order valence-corrected chi connectivity index (χ2v) is 18.1. The number of hydrogen-bond donors (Lipinski definition) is 4. The smallest absolute Gasteiger partial charge is 0.407 e. The van der Waals surface area contributed by atoms with Crippen LogP contribution in [0.1, 0.15) is 104 Å². The number of nitrogens with zero attached hydrogens (tertiary/aromatic N) is 4. The van der Waals surface area contributed by atoms with Crippen molar-refractivity contribution in [2.75, 3.05) is 27.3 Å². The van der Waals surface area contributed by atoms with Crippen LogP contribution in [-0.4, -0.2) is 87.1 Å². The lowest BCUT2D eigenvalue weighted by Crippen LogP contribution is -2.51. The number of hydrogen-bond acceptors (Lipinski definition) is 8. The minimum Gasteiger partial charge on any atom is -0.453 e. The van der Waals surface area contributed by atoms with Crippen LogP contribution in [0.25, 0.3) is 22.3 Å². The van der Waals surface area contributed by atoms with Crippen LogP contribution >= 0.6 is 0 Å². The molecule has 4 amide bonds. The Morgan fingerprint density at radius 1 is 0.758 bits per heavy atom. The Bertz CT molecular complexity index is 2590. The summed E-state index contributed by atoms with van der Waals surface area (Å²) in [7, 11) is 2.59. The number of benzene rings is 3. The van der Waals surface area contributed by atoms with Crippen molar-refractivity contribution in [3.05, 3.63) is 107 Å². The summed E-state index contributed by atoms with van der Waals surface area (Å²) in [4.78, 5) is 73.2. The number of likely N-dealkylation sites (tertiary alicyclic amines) is 2. The minimum atomic E-state index is -0.895. The molecule has 14 nitrogen and oxygen atoms in total. The zero-order valence-corrected chi connectivity index (χ0v) is 35.7. The first-order valence-corrected chi connectivity index (χ1v) is 21.4. The van der Waals surface area contributed by atoms with Gasteiger partial charge < -0.3 is 39.9 Å². The van der Waals surface area contributed by atoms with Crippen LogP contribution in [0.15, 0.2) is 72.9 Å². The second kappa shape index (κ2) is 16.0. The fourth-order valence-electron chi connectivity index (χ4n) is 9.20. The summed E-state index contributed by atoms with van der Waals surface area (Å²) in [6, 6.07) is 19.4. The topological polar surface area (TPSA) is 175 Å². The first-order chi connectivity index (χ1) is 29.8. The number of imidazole rings is 2. The quantitative estimate of drug-likeness (QED) is 0.112. The lowest BCUT2D eigenvalue weighted by Gasteiger charge is -2.30. The van der Waals surface area contributed by atoms with Crippen molar-refractivity contribution < 1.29 is 28.7 Å². The van der Waals surface area contributed by atoms with Crippen LogP contribution in [0.3, 0.4) is 0 Å². The molecule has 62 heavy (non-hydrogen) atoms. The van der Waals surface area contributed by atoms with E-state index in [0.29, 0.717) is 18.7 Å². The van der Waals surface area contributed by atoms with E-state index in [-0.39, 0.29) is 40.6 Å². The molecule has 2 spiro atoms. The average Bonchev–Trinajstić information content (AvgIpc) is 3.89. The predicted molar refractivity (Wildman–Crippen MR) is 231 cm³/mol. The Morgan fingerprint density at radius 3 is 1.98 bits per heavy atom. The van der Waals surface area contributed by atoms with E-state index >= 15 is 0 Å². The standard InChI is InChI=1S/C48H52N8O6/c1-28(2)39(53-45(59)61-4)43(57)55-26-47(18-19-47)23-37(55)41-49-25-36(52-41)32-15-10-30(11-16-32)8-9-31-12-17-34-35(22-31)51-42(50-34)38-24-48(20-21-48)27-56(38)44(58)40(54-46(60)62-5)33-13-6-29(3)7-14-33/h6-7,10-17,22,25,28,37-40H,18-21,23-24,26-27H2,1-5H3,(H,49,52)(H,50,51)(H,53,59)(H,54,60)/t37-,38-,39-,40+/m0/s1. The predicted octanol–water partition coefficient (Wildman–Crippen LogP) is 7.25. The molecule has 3 aromatic carbocycles. The molecule has 2 saturated carbocycles. The Balaban J connectivity index is 0.897. The van der Waals surface area contributed by atoms with Crippen molar-refractivity contribution in [2.24, 2.45) is 16.7 Å². The number of aromatic nitrogens is 4. The number of carbonyl (C=O) groups is 4. The highest BCUT2D eigenvalue weighted by molar-refractivity contribution is 5.88. The molecule has 2 saturated heterocycles. The van der Waals surface area contributed by atoms with E-state index in [1.807, 2.05) is 103 Å². The third-order valence-electron chi connectivity index (χ3n) is 13.3. The van der Waals surface area contributed by atoms with Gasteiger partial charge in [-0.25, -0.2) is 19.6 Å². The number of methoxy groups -OCH3 is 2. The summed E-state index contributed by atoms with van der Waals surface area (Å²) >= 11 is 0. The van der Waals surface area contributed by atoms with E-state index in [9.17, 15) is 19.2 Å². The highest BCUT2D eigenvalue weighted by Crippen LogP contribution is 2.59. The van der Waals surface area contributed by atoms with Gasteiger partial charge in [0.05, 0.1) is 49.2 Å². The van der Waals surface area contributed by atoms with Crippen molar-refractivity contribution in [1.82, 2.24) is 40.4 Å². The number of ether oxygens (including phenoxy) is 2. The zero-order chi connectivity index (χ0) is 43.3. The van der Waals surface area contributed by atoms with E-state index in [4.69, 9.17) is 19.4 Å².